The van der Waals surface area contributed by atoms with Gasteiger partial charge in [0.25, 0.3) is 0 Å². The highest BCUT2D eigenvalue weighted by molar-refractivity contribution is 9.10. The maximum absolute atomic E-state index is 13.8. The van der Waals surface area contributed by atoms with Crippen LogP contribution in [0, 0.1) is 17.6 Å². The molecule has 0 amide bonds. The molecule has 0 aliphatic heterocycles. The average molecular weight is 347 g/mol. The standard InChI is InChI=1S/C16H21BrF2O/c17-14-8-9-15(18)13(16(14)19)10-12(20)7-6-11-4-2-1-3-5-11/h8-9,11-12,20H,1-7,10H2. The fourth-order valence-corrected chi connectivity index (χ4v) is 3.37. The third kappa shape index (κ3) is 4.26. The van der Waals surface area contributed by atoms with E-state index in [4.69, 9.17) is 0 Å². The van der Waals surface area contributed by atoms with Crippen LogP contribution in [-0.4, -0.2) is 11.2 Å². The Bertz CT molecular complexity index is 444. The summed E-state index contributed by atoms with van der Waals surface area (Å²) in [6.07, 6.45) is 7.27. The van der Waals surface area contributed by atoms with Crippen LogP contribution in [0.5, 0.6) is 0 Å². The van der Waals surface area contributed by atoms with Gasteiger partial charge in [0.15, 0.2) is 0 Å². The summed E-state index contributed by atoms with van der Waals surface area (Å²) in [5.41, 5.74) is -0.0180. The summed E-state index contributed by atoms with van der Waals surface area (Å²) in [6, 6.07) is 2.58. The number of rotatable bonds is 5. The van der Waals surface area contributed by atoms with Crippen molar-refractivity contribution in [1.82, 2.24) is 0 Å². The molecule has 0 bridgehead atoms. The SMILES string of the molecule is OC(CCC1CCCCC1)Cc1c(F)ccc(Br)c1F. The molecule has 1 saturated carbocycles. The van der Waals surface area contributed by atoms with Gasteiger partial charge in [0.1, 0.15) is 11.6 Å². The molecule has 0 radical (unpaired) electrons. The molecule has 20 heavy (non-hydrogen) atoms. The summed E-state index contributed by atoms with van der Waals surface area (Å²) in [5, 5.41) is 10.0. The number of halogens is 3. The molecular weight excluding hydrogens is 326 g/mol. The fraction of sp³-hybridized carbons (Fsp3) is 0.625. The van der Waals surface area contributed by atoms with Crippen LogP contribution in [0.4, 0.5) is 8.78 Å². The minimum atomic E-state index is -0.671. The highest BCUT2D eigenvalue weighted by Gasteiger charge is 2.19. The molecule has 1 unspecified atom stereocenters. The Morgan fingerprint density at radius 2 is 1.90 bits per heavy atom. The topological polar surface area (TPSA) is 20.2 Å². The van der Waals surface area contributed by atoms with Gasteiger partial charge in [0.05, 0.1) is 10.6 Å². The monoisotopic (exact) mass is 346 g/mol. The molecule has 1 nitrogen and oxygen atoms in total. The van der Waals surface area contributed by atoms with Gasteiger partial charge in [-0.25, -0.2) is 8.78 Å². The lowest BCUT2D eigenvalue weighted by Crippen LogP contribution is -2.16. The van der Waals surface area contributed by atoms with Crippen molar-refractivity contribution >= 4 is 15.9 Å². The van der Waals surface area contributed by atoms with E-state index in [-0.39, 0.29) is 16.5 Å². The highest BCUT2D eigenvalue weighted by Crippen LogP contribution is 2.29. The summed E-state index contributed by atoms with van der Waals surface area (Å²) in [6.45, 7) is 0. The molecule has 0 aromatic heterocycles. The van der Waals surface area contributed by atoms with E-state index in [2.05, 4.69) is 15.9 Å². The van der Waals surface area contributed by atoms with Gasteiger partial charge in [0.2, 0.25) is 0 Å². The van der Waals surface area contributed by atoms with Gasteiger partial charge in [-0.15, -0.1) is 0 Å². The first-order chi connectivity index (χ1) is 9.58. The zero-order valence-electron chi connectivity index (χ0n) is 11.5. The Morgan fingerprint density at radius 3 is 2.60 bits per heavy atom. The van der Waals surface area contributed by atoms with E-state index in [0.29, 0.717) is 12.3 Å². The van der Waals surface area contributed by atoms with E-state index in [1.54, 1.807) is 0 Å². The van der Waals surface area contributed by atoms with Crippen molar-refractivity contribution in [3.63, 3.8) is 0 Å². The second-order valence-corrected chi connectivity index (χ2v) is 6.62. The first kappa shape index (κ1) is 15.9. The van der Waals surface area contributed by atoms with Gasteiger partial charge in [0, 0.05) is 12.0 Å². The molecule has 1 N–H and O–H groups in total. The van der Waals surface area contributed by atoms with Crippen molar-refractivity contribution in [1.29, 1.82) is 0 Å². The number of hydrogen-bond donors (Lipinski definition) is 1. The van der Waals surface area contributed by atoms with E-state index >= 15 is 0 Å². The Labute approximate surface area is 127 Å². The average Bonchev–Trinajstić information content (AvgIpc) is 2.46. The molecule has 1 atom stereocenters. The lowest BCUT2D eigenvalue weighted by atomic mass is 9.85. The van der Waals surface area contributed by atoms with Crippen LogP contribution >= 0.6 is 15.9 Å². The molecule has 4 heteroatoms. The molecule has 1 fully saturated rings. The largest absolute Gasteiger partial charge is 0.393 e. The summed E-state index contributed by atoms with van der Waals surface area (Å²) in [4.78, 5) is 0. The third-order valence-corrected chi connectivity index (χ3v) is 4.82. The van der Waals surface area contributed by atoms with Crippen molar-refractivity contribution in [2.75, 3.05) is 0 Å². The van der Waals surface area contributed by atoms with E-state index in [1.165, 1.54) is 44.2 Å². The Morgan fingerprint density at radius 1 is 1.20 bits per heavy atom. The number of hydrogen-bond acceptors (Lipinski definition) is 1. The van der Waals surface area contributed by atoms with E-state index in [9.17, 15) is 13.9 Å². The molecule has 1 aliphatic rings. The van der Waals surface area contributed by atoms with Crippen LogP contribution in [0.15, 0.2) is 16.6 Å². The quantitative estimate of drug-likeness (QED) is 0.744. The molecule has 0 spiro atoms. The van der Waals surface area contributed by atoms with Crippen molar-refractivity contribution in [3.8, 4) is 0 Å². The normalized spacial score (nSPS) is 18.2. The lowest BCUT2D eigenvalue weighted by Gasteiger charge is -2.22. The van der Waals surface area contributed by atoms with Crippen molar-refractivity contribution in [3.05, 3.63) is 33.8 Å². The first-order valence-corrected chi connectivity index (χ1v) is 8.17. The highest BCUT2D eigenvalue weighted by atomic mass is 79.9. The van der Waals surface area contributed by atoms with Crippen LogP contribution in [-0.2, 0) is 6.42 Å². The molecule has 0 heterocycles. The molecule has 1 aliphatic carbocycles. The second kappa shape index (κ2) is 7.51. The molecule has 1 aromatic carbocycles. The van der Waals surface area contributed by atoms with Crippen LogP contribution in [0.3, 0.4) is 0 Å². The maximum Gasteiger partial charge on any atom is 0.143 e. The predicted molar refractivity (Wildman–Crippen MR) is 79.6 cm³/mol. The summed E-state index contributed by atoms with van der Waals surface area (Å²) in [5.74, 6) is -0.500. The fourth-order valence-electron chi connectivity index (χ4n) is 3.00. The predicted octanol–water partition coefficient (Wildman–Crippen LogP) is 4.99. The zero-order valence-corrected chi connectivity index (χ0v) is 13.1. The van der Waals surface area contributed by atoms with E-state index in [0.717, 1.165) is 6.42 Å². The molecule has 0 saturated heterocycles. The van der Waals surface area contributed by atoms with Crippen molar-refractivity contribution in [2.45, 2.75) is 57.5 Å². The summed E-state index contributed by atoms with van der Waals surface area (Å²) in [7, 11) is 0. The van der Waals surface area contributed by atoms with Crippen LogP contribution in [0.1, 0.15) is 50.5 Å². The van der Waals surface area contributed by atoms with Crippen LogP contribution in [0.2, 0.25) is 0 Å². The zero-order chi connectivity index (χ0) is 14.5. The van der Waals surface area contributed by atoms with Crippen molar-refractivity contribution < 1.29 is 13.9 Å². The molecule has 1 aromatic rings. The van der Waals surface area contributed by atoms with E-state index in [1.807, 2.05) is 0 Å². The van der Waals surface area contributed by atoms with Gasteiger partial charge < -0.3 is 5.11 Å². The third-order valence-electron chi connectivity index (χ3n) is 4.21. The number of aliphatic hydroxyl groups excluding tert-OH is 1. The van der Waals surface area contributed by atoms with Gasteiger partial charge in [-0.3, -0.25) is 0 Å². The minimum Gasteiger partial charge on any atom is -0.393 e. The number of benzene rings is 1. The number of aliphatic hydroxyl groups is 1. The molecular formula is C16H21BrF2O. The van der Waals surface area contributed by atoms with E-state index < -0.39 is 17.7 Å². The maximum atomic E-state index is 13.8. The summed E-state index contributed by atoms with van der Waals surface area (Å²) < 4.78 is 27.7. The second-order valence-electron chi connectivity index (χ2n) is 5.76. The van der Waals surface area contributed by atoms with Gasteiger partial charge in [-0.2, -0.15) is 0 Å². The summed E-state index contributed by atoms with van der Waals surface area (Å²) >= 11 is 3.05. The van der Waals surface area contributed by atoms with Crippen LogP contribution in [0.25, 0.3) is 0 Å². The Hall–Kier alpha value is -0.480. The van der Waals surface area contributed by atoms with Crippen LogP contribution < -0.4 is 0 Å². The van der Waals surface area contributed by atoms with Gasteiger partial charge in [-0.1, -0.05) is 32.1 Å². The Kier molecular flexibility index (Phi) is 5.97. The van der Waals surface area contributed by atoms with Gasteiger partial charge >= 0.3 is 0 Å². The smallest absolute Gasteiger partial charge is 0.143 e. The van der Waals surface area contributed by atoms with Crippen molar-refractivity contribution in [2.24, 2.45) is 5.92 Å². The Balaban J connectivity index is 1.88. The first-order valence-electron chi connectivity index (χ1n) is 7.38. The minimum absolute atomic E-state index is 0.0180. The lowest BCUT2D eigenvalue weighted by molar-refractivity contribution is 0.147. The molecule has 2 rings (SSSR count). The van der Waals surface area contributed by atoms with Gasteiger partial charge in [-0.05, 0) is 46.8 Å². The molecule has 112 valence electrons.